The van der Waals surface area contributed by atoms with Gasteiger partial charge in [0.25, 0.3) is 0 Å². The van der Waals surface area contributed by atoms with E-state index in [1.165, 1.54) is 23.5 Å². The first kappa shape index (κ1) is 14.9. The van der Waals surface area contributed by atoms with Gasteiger partial charge in [-0.3, -0.25) is 9.59 Å². The van der Waals surface area contributed by atoms with E-state index in [1.54, 1.807) is 0 Å². The van der Waals surface area contributed by atoms with E-state index in [-0.39, 0.29) is 11.5 Å². The van der Waals surface area contributed by atoms with Crippen molar-refractivity contribution in [3.63, 3.8) is 0 Å². The third-order valence-electron chi connectivity index (χ3n) is 2.08. The van der Waals surface area contributed by atoms with Crippen molar-refractivity contribution in [2.24, 2.45) is 0 Å². The van der Waals surface area contributed by atoms with Crippen LogP contribution in [-0.2, 0) is 21.1 Å². The van der Waals surface area contributed by atoms with Gasteiger partial charge in [0.1, 0.15) is 0 Å². The summed E-state index contributed by atoms with van der Waals surface area (Å²) in [7, 11) is 0. The predicted molar refractivity (Wildman–Crippen MR) is 74.0 cm³/mol. The highest BCUT2D eigenvalue weighted by Gasteiger charge is 2.05. The maximum absolute atomic E-state index is 10.4. The molecule has 18 heavy (non-hydrogen) atoms. The molecule has 1 rings (SSSR count). The summed E-state index contributed by atoms with van der Waals surface area (Å²) in [6.45, 7) is 0. The second-order valence-electron chi connectivity index (χ2n) is 3.54. The summed E-state index contributed by atoms with van der Waals surface area (Å²) in [4.78, 5) is 20.9. The van der Waals surface area contributed by atoms with Crippen LogP contribution in [0.25, 0.3) is 0 Å². The number of rotatable bonds is 8. The number of carboxylic acids is 2. The van der Waals surface area contributed by atoms with E-state index in [9.17, 15) is 9.59 Å². The molecule has 98 valence electrons. The van der Waals surface area contributed by atoms with Crippen molar-refractivity contribution in [3.8, 4) is 0 Å². The first-order chi connectivity index (χ1) is 8.59. The maximum atomic E-state index is 10.4. The van der Waals surface area contributed by atoms with Crippen LogP contribution in [0.4, 0.5) is 0 Å². The van der Waals surface area contributed by atoms with E-state index in [2.05, 4.69) is 0 Å². The highest BCUT2D eigenvalue weighted by molar-refractivity contribution is 7.99. The highest BCUT2D eigenvalue weighted by Crippen LogP contribution is 2.20. The van der Waals surface area contributed by atoms with Gasteiger partial charge in [-0.05, 0) is 11.1 Å². The topological polar surface area (TPSA) is 74.6 Å². The van der Waals surface area contributed by atoms with E-state index in [1.807, 2.05) is 24.3 Å². The van der Waals surface area contributed by atoms with Crippen LogP contribution in [0.5, 0.6) is 0 Å². The Morgan fingerprint density at radius 3 is 1.61 bits per heavy atom. The Morgan fingerprint density at radius 1 is 0.889 bits per heavy atom. The second-order valence-corrected chi connectivity index (χ2v) is 5.51. The molecule has 0 aliphatic carbocycles. The summed E-state index contributed by atoms with van der Waals surface area (Å²) < 4.78 is 0. The Hall–Kier alpha value is -1.14. The van der Waals surface area contributed by atoms with Crippen LogP contribution in [0.15, 0.2) is 24.3 Å². The molecule has 0 aromatic heterocycles. The zero-order chi connectivity index (χ0) is 13.4. The quantitative estimate of drug-likeness (QED) is 0.764. The maximum Gasteiger partial charge on any atom is 0.313 e. The Balaban J connectivity index is 2.50. The van der Waals surface area contributed by atoms with Crippen LogP contribution in [0.3, 0.4) is 0 Å². The number of carboxylic acid groups (broad SMARTS) is 2. The van der Waals surface area contributed by atoms with Gasteiger partial charge in [0.15, 0.2) is 0 Å². The molecule has 0 bridgehead atoms. The predicted octanol–water partition coefficient (Wildman–Crippen LogP) is 2.32. The molecule has 0 aliphatic heterocycles. The summed E-state index contributed by atoms with van der Waals surface area (Å²) in [5, 5.41) is 17.1. The van der Waals surface area contributed by atoms with E-state index >= 15 is 0 Å². The number of aliphatic carboxylic acids is 2. The Kier molecular flexibility index (Phi) is 6.67. The fourth-order valence-corrected chi connectivity index (χ4v) is 2.89. The van der Waals surface area contributed by atoms with Crippen molar-refractivity contribution in [1.82, 2.24) is 0 Å². The van der Waals surface area contributed by atoms with E-state index < -0.39 is 11.9 Å². The second kappa shape index (κ2) is 8.05. The van der Waals surface area contributed by atoms with Gasteiger partial charge in [0.2, 0.25) is 0 Å². The minimum absolute atomic E-state index is 0.0800. The molecular weight excluding hydrogens is 272 g/mol. The van der Waals surface area contributed by atoms with Gasteiger partial charge in [-0.1, -0.05) is 24.3 Å². The summed E-state index contributed by atoms with van der Waals surface area (Å²) in [5.41, 5.74) is 2.14. The fourth-order valence-electron chi connectivity index (χ4n) is 1.34. The number of hydrogen-bond acceptors (Lipinski definition) is 4. The Bertz CT molecular complexity index is 381. The number of benzene rings is 1. The minimum atomic E-state index is -0.822. The van der Waals surface area contributed by atoms with Gasteiger partial charge >= 0.3 is 11.9 Å². The van der Waals surface area contributed by atoms with Crippen molar-refractivity contribution >= 4 is 35.5 Å². The van der Waals surface area contributed by atoms with Crippen LogP contribution in [0.1, 0.15) is 11.1 Å². The van der Waals surface area contributed by atoms with Gasteiger partial charge in [-0.25, -0.2) is 0 Å². The van der Waals surface area contributed by atoms with Crippen molar-refractivity contribution in [2.75, 3.05) is 11.5 Å². The SMILES string of the molecule is O=C(O)CSCc1ccccc1CSCC(=O)O. The van der Waals surface area contributed by atoms with Crippen LogP contribution >= 0.6 is 23.5 Å². The summed E-state index contributed by atoms with van der Waals surface area (Å²) in [6.07, 6.45) is 0. The lowest BCUT2D eigenvalue weighted by molar-refractivity contribution is -0.134. The monoisotopic (exact) mass is 286 g/mol. The molecule has 1 aromatic rings. The average molecular weight is 286 g/mol. The van der Waals surface area contributed by atoms with Gasteiger partial charge < -0.3 is 10.2 Å². The zero-order valence-corrected chi connectivity index (χ0v) is 11.3. The normalized spacial score (nSPS) is 10.2. The molecule has 0 spiro atoms. The van der Waals surface area contributed by atoms with E-state index in [0.717, 1.165) is 11.1 Å². The van der Waals surface area contributed by atoms with Gasteiger partial charge in [0, 0.05) is 11.5 Å². The molecule has 0 radical (unpaired) electrons. The molecule has 6 heteroatoms. The molecule has 0 aliphatic rings. The minimum Gasteiger partial charge on any atom is -0.481 e. The zero-order valence-electron chi connectivity index (χ0n) is 9.67. The Morgan fingerprint density at radius 2 is 1.28 bits per heavy atom. The fraction of sp³-hybridized carbons (Fsp3) is 0.333. The summed E-state index contributed by atoms with van der Waals surface area (Å²) in [6, 6.07) is 7.71. The molecule has 0 heterocycles. The largest absolute Gasteiger partial charge is 0.481 e. The molecule has 0 saturated heterocycles. The third kappa shape index (κ3) is 5.97. The highest BCUT2D eigenvalue weighted by atomic mass is 32.2. The van der Waals surface area contributed by atoms with Gasteiger partial charge in [-0.15, -0.1) is 23.5 Å². The van der Waals surface area contributed by atoms with Crippen LogP contribution < -0.4 is 0 Å². The van der Waals surface area contributed by atoms with Gasteiger partial charge in [-0.2, -0.15) is 0 Å². The van der Waals surface area contributed by atoms with Crippen molar-refractivity contribution < 1.29 is 19.8 Å². The number of carbonyl (C=O) groups is 2. The molecule has 0 unspecified atom stereocenters. The molecule has 0 atom stereocenters. The average Bonchev–Trinajstić information content (AvgIpc) is 2.30. The van der Waals surface area contributed by atoms with Gasteiger partial charge in [0.05, 0.1) is 11.5 Å². The van der Waals surface area contributed by atoms with Crippen molar-refractivity contribution in [1.29, 1.82) is 0 Å². The first-order valence-corrected chi connectivity index (χ1v) is 7.56. The number of hydrogen-bond donors (Lipinski definition) is 2. The van der Waals surface area contributed by atoms with Crippen molar-refractivity contribution in [3.05, 3.63) is 35.4 Å². The van der Waals surface area contributed by atoms with Crippen LogP contribution in [-0.4, -0.2) is 33.7 Å². The van der Waals surface area contributed by atoms with E-state index in [4.69, 9.17) is 10.2 Å². The first-order valence-electron chi connectivity index (χ1n) is 5.25. The lowest BCUT2D eigenvalue weighted by atomic mass is 10.1. The molecule has 0 saturated carbocycles. The standard InChI is InChI=1S/C12H14O4S2/c13-11(14)7-17-5-9-3-1-2-4-10(9)6-18-8-12(15)16/h1-4H,5-8H2,(H,13,14)(H,15,16). The molecule has 2 N–H and O–H groups in total. The van der Waals surface area contributed by atoms with E-state index in [0.29, 0.717) is 11.5 Å². The smallest absolute Gasteiger partial charge is 0.313 e. The van der Waals surface area contributed by atoms with Crippen LogP contribution in [0.2, 0.25) is 0 Å². The van der Waals surface area contributed by atoms with Crippen molar-refractivity contribution in [2.45, 2.75) is 11.5 Å². The van der Waals surface area contributed by atoms with Crippen LogP contribution in [0, 0.1) is 0 Å². The molecular formula is C12H14O4S2. The molecule has 0 amide bonds. The molecule has 0 fully saturated rings. The molecule has 1 aromatic carbocycles. The Labute approximate surface area is 114 Å². The lowest BCUT2D eigenvalue weighted by Gasteiger charge is -2.07. The third-order valence-corrected chi connectivity index (χ3v) is 4.02. The lowest BCUT2D eigenvalue weighted by Crippen LogP contribution is -2.01. The summed E-state index contributed by atoms with van der Waals surface area (Å²) >= 11 is 2.69. The summed E-state index contributed by atoms with van der Waals surface area (Å²) in [5.74, 6) is -0.213. The molecule has 4 nitrogen and oxygen atoms in total. The number of thioether (sulfide) groups is 2.